The summed E-state index contributed by atoms with van der Waals surface area (Å²) in [5.41, 5.74) is 2.83. The number of H-pyrrole nitrogens is 1. The van der Waals surface area contributed by atoms with E-state index in [1.54, 1.807) is 29.9 Å². The van der Waals surface area contributed by atoms with Gasteiger partial charge in [-0.25, -0.2) is 9.97 Å². The number of fused-ring (bicyclic) bond motifs is 4. The minimum atomic E-state index is -4.39. The van der Waals surface area contributed by atoms with Gasteiger partial charge in [0.05, 0.1) is 22.7 Å². The fourth-order valence-corrected chi connectivity index (χ4v) is 6.18. The summed E-state index contributed by atoms with van der Waals surface area (Å²) in [6.45, 7) is 0.154. The first-order valence-electron chi connectivity index (χ1n) is 11.9. The van der Waals surface area contributed by atoms with E-state index in [-0.39, 0.29) is 12.5 Å². The van der Waals surface area contributed by atoms with E-state index >= 15 is 0 Å². The lowest BCUT2D eigenvalue weighted by Gasteiger charge is -2.27. The zero-order valence-corrected chi connectivity index (χ0v) is 20.3. The number of benzene rings is 2. The van der Waals surface area contributed by atoms with Crippen LogP contribution in [0.2, 0.25) is 0 Å². The van der Waals surface area contributed by atoms with Gasteiger partial charge in [-0.05, 0) is 54.7 Å². The number of thiophene rings is 1. The van der Waals surface area contributed by atoms with Crippen LogP contribution in [0.4, 0.5) is 24.7 Å². The maximum atomic E-state index is 13.0. The fourth-order valence-electron chi connectivity index (χ4n) is 4.90. The third-order valence-electron chi connectivity index (χ3n) is 6.80. The molecule has 37 heavy (non-hydrogen) atoms. The molecule has 3 heterocycles. The molecule has 3 aromatic heterocycles. The first-order valence-corrected chi connectivity index (χ1v) is 12.7. The predicted molar refractivity (Wildman–Crippen MR) is 137 cm³/mol. The summed E-state index contributed by atoms with van der Waals surface area (Å²) < 4.78 is 39.0. The van der Waals surface area contributed by atoms with Gasteiger partial charge in [0, 0.05) is 28.4 Å². The van der Waals surface area contributed by atoms with Gasteiger partial charge in [0.25, 0.3) is 0 Å². The molecule has 1 aliphatic rings. The highest BCUT2D eigenvalue weighted by atomic mass is 32.1. The number of halogens is 3. The van der Waals surface area contributed by atoms with E-state index < -0.39 is 18.0 Å². The Balaban J connectivity index is 1.18. The zero-order chi connectivity index (χ0) is 25.6. The van der Waals surface area contributed by atoms with Crippen molar-refractivity contribution in [2.75, 3.05) is 5.32 Å². The van der Waals surface area contributed by atoms with Crippen LogP contribution in [0.3, 0.4) is 0 Å². The van der Waals surface area contributed by atoms with Gasteiger partial charge in [0.15, 0.2) is 0 Å². The number of nitrogens with zero attached hydrogens (tertiary/aromatic N) is 3. The van der Waals surface area contributed by atoms with Crippen molar-refractivity contribution >= 4 is 44.0 Å². The van der Waals surface area contributed by atoms with Gasteiger partial charge < -0.3 is 10.4 Å². The molecule has 0 aliphatic heterocycles. The number of aryl methyl sites for hydroxylation is 1. The molecule has 0 fully saturated rings. The van der Waals surface area contributed by atoms with E-state index in [9.17, 15) is 18.3 Å². The molecule has 4 N–H and O–H groups in total. The molecule has 0 bridgehead atoms. The van der Waals surface area contributed by atoms with E-state index in [0.29, 0.717) is 12.0 Å². The second kappa shape index (κ2) is 9.40. The Bertz CT molecular complexity index is 1580. The van der Waals surface area contributed by atoms with Gasteiger partial charge in [-0.2, -0.15) is 18.3 Å². The molecule has 2 unspecified atom stereocenters. The average molecular weight is 525 g/mol. The summed E-state index contributed by atoms with van der Waals surface area (Å²) in [6.07, 6.45) is 0.251. The number of alkyl halides is 3. The van der Waals surface area contributed by atoms with Crippen molar-refractivity contribution < 1.29 is 18.3 Å². The Morgan fingerprint density at radius 2 is 2.05 bits per heavy atom. The smallest absolute Gasteiger partial charge is 0.378 e. The van der Waals surface area contributed by atoms with Crippen LogP contribution >= 0.6 is 11.3 Å². The summed E-state index contributed by atoms with van der Waals surface area (Å²) in [4.78, 5) is 11.0. The molecule has 7 nitrogen and oxygen atoms in total. The second-order valence-corrected chi connectivity index (χ2v) is 10.3. The number of aliphatic hydroxyl groups is 1. The summed E-state index contributed by atoms with van der Waals surface area (Å²) >= 11 is 1.60. The Morgan fingerprint density at radius 3 is 2.92 bits per heavy atom. The summed E-state index contributed by atoms with van der Waals surface area (Å²) in [6, 6.07) is 11.1. The quantitative estimate of drug-likeness (QED) is 0.218. The number of rotatable bonds is 6. The van der Waals surface area contributed by atoms with Gasteiger partial charge in [0.2, 0.25) is 0 Å². The van der Waals surface area contributed by atoms with Crippen molar-refractivity contribution in [1.82, 2.24) is 25.5 Å². The van der Waals surface area contributed by atoms with Crippen molar-refractivity contribution in [3.63, 3.8) is 0 Å². The fraction of sp³-hybridized carbons (Fsp3) is 0.269. The zero-order valence-electron chi connectivity index (χ0n) is 19.5. The average Bonchev–Trinajstić information content (AvgIpc) is 3.51. The topological polar surface area (TPSA) is 98.7 Å². The largest absolute Gasteiger partial charge is 0.416 e. The number of hydrogen-bond acceptors (Lipinski definition) is 7. The number of anilines is 2. The van der Waals surface area contributed by atoms with Crippen LogP contribution in [-0.2, 0) is 25.6 Å². The maximum absolute atomic E-state index is 13.0. The molecule has 1 aliphatic carbocycles. The molecule has 0 saturated heterocycles. The molecule has 6 rings (SSSR count). The van der Waals surface area contributed by atoms with Crippen molar-refractivity contribution in [1.29, 1.82) is 0 Å². The Hall–Kier alpha value is -3.54. The molecular weight excluding hydrogens is 501 g/mol. The molecule has 0 radical (unpaired) electrons. The van der Waals surface area contributed by atoms with E-state index in [0.717, 1.165) is 62.5 Å². The molecule has 2 aromatic carbocycles. The Morgan fingerprint density at radius 1 is 1.16 bits per heavy atom. The molecular formula is C26H23F3N6OS. The Kier molecular flexibility index (Phi) is 6.06. The Labute approximate surface area is 213 Å². The molecule has 0 saturated carbocycles. The van der Waals surface area contributed by atoms with Crippen molar-refractivity contribution in [2.45, 2.75) is 38.2 Å². The van der Waals surface area contributed by atoms with Crippen LogP contribution < -0.4 is 10.6 Å². The number of nitrogens with one attached hydrogen (secondary N) is 3. The van der Waals surface area contributed by atoms with Crippen LogP contribution in [0, 0.1) is 5.92 Å². The van der Waals surface area contributed by atoms with Gasteiger partial charge in [-0.3, -0.25) is 10.4 Å². The maximum Gasteiger partial charge on any atom is 0.416 e. The van der Waals surface area contributed by atoms with E-state index in [1.807, 2.05) is 18.2 Å². The molecule has 2 atom stereocenters. The number of aliphatic hydroxyl groups excluding tert-OH is 1. The lowest BCUT2D eigenvalue weighted by Crippen LogP contribution is -2.38. The third-order valence-corrected chi connectivity index (χ3v) is 7.96. The van der Waals surface area contributed by atoms with Crippen LogP contribution in [0.25, 0.3) is 21.1 Å². The van der Waals surface area contributed by atoms with Crippen LogP contribution in [0.15, 0.2) is 55.0 Å². The summed E-state index contributed by atoms with van der Waals surface area (Å²) in [5.74, 6) is 0.686. The monoisotopic (exact) mass is 524 g/mol. The first kappa shape index (κ1) is 23.8. The van der Waals surface area contributed by atoms with E-state index in [2.05, 4.69) is 30.8 Å². The van der Waals surface area contributed by atoms with Crippen LogP contribution in [-0.4, -0.2) is 31.5 Å². The molecule has 0 amide bonds. The SMILES string of the molecule is OC(NCc1cccc(C(F)(F)F)c1)C1CCc2c(sc3ncnc(Nc4ccc5[nH]ncc5c4)c23)C1. The molecule has 11 heteroatoms. The lowest BCUT2D eigenvalue weighted by atomic mass is 9.86. The highest BCUT2D eigenvalue weighted by Gasteiger charge is 2.31. The van der Waals surface area contributed by atoms with Crippen molar-refractivity contribution in [3.05, 3.63) is 76.6 Å². The van der Waals surface area contributed by atoms with Gasteiger partial charge >= 0.3 is 6.18 Å². The van der Waals surface area contributed by atoms with Crippen molar-refractivity contribution in [3.8, 4) is 0 Å². The molecule has 5 aromatic rings. The normalized spacial score (nSPS) is 16.7. The summed E-state index contributed by atoms with van der Waals surface area (Å²) in [5, 5.41) is 26.3. The predicted octanol–water partition coefficient (Wildman–Crippen LogP) is 5.54. The van der Waals surface area contributed by atoms with Crippen LogP contribution in [0.1, 0.15) is 28.0 Å². The first-order chi connectivity index (χ1) is 17.8. The molecule has 0 spiro atoms. The van der Waals surface area contributed by atoms with E-state index in [4.69, 9.17) is 0 Å². The highest BCUT2D eigenvalue weighted by Crippen LogP contribution is 2.41. The highest BCUT2D eigenvalue weighted by molar-refractivity contribution is 7.19. The third kappa shape index (κ3) is 4.77. The second-order valence-electron chi connectivity index (χ2n) is 9.23. The van der Waals surface area contributed by atoms with Gasteiger partial charge in [-0.1, -0.05) is 18.2 Å². The minimum Gasteiger partial charge on any atom is -0.378 e. The minimum absolute atomic E-state index is 0.0563. The molecule has 190 valence electrons. The van der Waals surface area contributed by atoms with Gasteiger partial charge in [-0.15, -0.1) is 11.3 Å². The number of aromatic nitrogens is 4. The van der Waals surface area contributed by atoms with Crippen molar-refractivity contribution in [2.24, 2.45) is 5.92 Å². The van der Waals surface area contributed by atoms with Crippen LogP contribution in [0.5, 0.6) is 0 Å². The van der Waals surface area contributed by atoms with E-state index in [1.165, 1.54) is 11.6 Å². The lowest BCUT2D eigenvalue weighted by molar-refractivity contribution is -0.137. The standard InChI is InChI=1S/C26H23F3N6OS/c27-26(28,29)17-3-1-2-14(8-17)11-30-24(36)15-4-6-19-21(10-15)37-25-22(19)23(31-13-32-25)34-18-5-7-20-16(9-18)12-33-35-20/h1-3,5,7-9,12-13,15,24,30,36H,4,6,10-11H2,(H,33,35)(H,31,32,34). The number of hydrogen-bond donors (Lipinski definition) is 4. The summed E-state index contributed by atoms with van der Waals surface area (Å²) in [7, 11) is 0. The number of aromatic amines is 1. The van der Waals surface area contributed by atoms with Gasteiger partial charge in [0.1, 0.15) is 23.2 Å².